The molecule has 0 fully saturated rings. The zero-order valence-electron chi connectivity index (χ0n) is 22.8. The number of aliphatic carboxylic acids is 4. The Morgan fingerprint density at radius 3 is 1.34 bits per heavy atom. The van der Waals surface area contributed by atoms with E-state index in [1.165, 1.54) is 41.9 Å². The number of nitrogens with one attached hydrogen (secondary N) is 1. The van der Waals surface area contributed by atoms with Crippen LogP contribution >= 0.6 is 0 Å². The molecule has 5 N–H and O–H groups in total. The van der Waals surface area contributed by atoms with Gasteiger partial charge >= 0.3 is 23.9 Å². The van der Waals surface area contributed by atoms with E-state index in [0.29, 0.717) is 6.54 Å². The number of rotatable bonds is 25. The molecule has 1 atom stereocenters. The molecule has 1 amide bonds. The molecule has 0 radical (unpaired) electrons. The predicted octanol–water partition coefficient (Wildman–Crippen LogP) is 0.876. The van der Waals surface area contributed by atoms with E-state index >= 15 is 0 Å². The summed E-state index contributed by atoms with van der Waals surface area (Å²) in [5, 5.41) is 39.2. The third-order valence-corrected chi connectivity index (χ3v) is 6.10. The molecule has 0 spiro atoms. The highest BCUT2D eigenvalue weighted by atomic mass is 16.4. The zero-order valence-corrected chi connectivity index (χ0v) is 22.8. The molecule has 0 saturated carbocycles. The van der Waals surface area contributed by atoms with Crippen LogP contribution in [0.3, 0.4) is 0 Å². The van der Waals surface area contributed by atoms with Crippen LogP contribution in [0.4, 0.5) is 0 Å². The van der Waals surface area contributed by atoms with Gasteiger partial charge in [0.15, 0.2) is 0 Å². The number of amides is 1. The molecular weight excluding hydrogens is 500 g/mol. The van der Waals surface area contributed by atoms with E-state index in [-0.39, 0.29) is 32.1 Å². The summed E-state index contributed by atoms with van der Waals surface area (Å²) in [6.07, 6.45) is 9.03. The lowest BCUT2D eigenvalue weighted by atomic mass is 10.1. The monoisotopic (exact) mass is 546 g/mol. The number of hydrogen-bond acceptors (Lipinski definition) is 8. The standard InChI is InChI=1S/C25H46N4O9/c1-3-4-5-6-7-8-9-10-11-26-25(38)20(2)29(14-12-27(16-21(30)31)17-22(32)33)15-13-28(18-23(34)35)19-24(36)37/h20H,3-19H2,1-2H3,(H,26,38)(H,30,31)(H,32,33)(H,34,35)(H,36,37). The van der Waals surface area contributed by atoms with Crippen LogP contribution in [-0.2, 0) is 24.0 Å². The summed E-state index contributed by atoms with van der Waals surface area (Å²) in [5.41, 5.74) is 0. The summed E-state index contributed by atoms with van der Waals surface area (Å²) in [4.78, 5) is 61.5. The summed E-state index contributed by atoms with van der Waals surface area (Å²) in [7, 11) is 0. The van der Waals surface area contributed by atoms with E-state index in [4.69, 9.17) is 20.4 Å². The average molecular weight is 547 g/mol. The molecule has 0 heterocycles. The van der Waals surface area contributed by atoms with Crippen LogP contribution in [0.2, 0.25) is 0 Å². The highest BCUT2D eigenvalue weighted by Gasteiger charge is 2.24. The van der Waals surface area contributed by atoms with Gasteiger partial charge in [-0.25, -0.2) is 0 Å². The molecule has 13 heteroatoms. The Labute approximate surface area is 224 Å². The first-order chi connectivity index (χ1) is 18.0. The molecule has 1 unspecified atom stereocenters. The Kier molecular flexibility index (Phi) is 19.6. The van der Waals surface area contributed by atoms with Crippen LogP contribution in [0.1, 0.15) is 65.2 Å². The minimum absolute atomic E-state index is 0.0338. The molecule has 0 bridgehead atoms. The van der Waals surface area contributed by atoms with Crippen molar-refractivity contribution in [2.45, 2.75) is 71.3 Å². The fraction of sp³-hybridized carbons (Fsp3) is 0.800. The van der Waals surface area contributed by atoms with Gasteiger partial charge in [0.1, 0.15) is 0 Å². The van der Waals surface area contributed by atoms with Crippen molar-refractivity contribution in [3.63, 3.8) is 0 Å². The normalized spacial score (nSPS) is 12.1. The van der Waals surface area contributed by atoms with Crippen molar-refractivity contribution in [2.24, 2.45) is 0 Å². The van der Waals surface area contributed by atoms with Crippen LogP contribution in [0.25, 0.3) is 0 Å². The first-order valence-corrected chi connectivity index (χ1v) is 13.3. The summed E-state index contributed by atoms with van der Waals surface area (Å²) >= 11 is 0. The van der Waals surface area contributed by atoms with Gasteiger partial charge in [0, 0.05) is 32.7 Å². The second kappa shape index (κ2) is 21.2. The number of carboxylic acid groups (broad SMARTS) is 4. The molecule has 0 aromatic carbocycles. The number of nitrogens with zero attached hydrogens (tertiary/aromatic N) is 3. The van der Waals surface area contributed by atoms with Crippen molar-refractivity contribution < 1.29 is 44.4 Å². The van der Waals surface area contributed by atoms with E-state index in [1.54, 1.807) is 11.8 Å². The number of unbranched alkanes of at least 4 members (excludes halogenated alkanes) is 7. The highest BCUT2D eigenvalue weighted by molar-refractivity contribution is 5.81. The fourth-order valence-electron chi connectivity index (χ4n) is 4.02. The van der Waals surface area contributed by atoms with Crippen LogP contribution in [0.5, 0.6) is 0 Å². The Bertz CT molecular complexity index is 664. The molecule has 13 nitrogen and oxygen atoms in total. The van der Waals surface area contributed by atoms with E-state index in [0.717, 1.165) is 19.3 Å². The maximum Gasteiger partial charge on any atom is 0.317 e. The number of hydrogen-bond donors (Lipinski definition) is 5. The molecular formula is C25H46N4O9. The predicted molar refractivity (Wildman–Crippen MR) is 140 cm³/mol. The van der Waals surface area contributed by atoms with Crippen molar-refractivity contribution >= 4 is 29.8 Å². The van der Waals surface area contributed by atoms with Crippen molar-refractivity contribution in [3.05, 3.63) is 0 Å². The van der Waals surface area contributed by atoms with Crippen molar-refractivity contribution in [1.29, 1.82) is 0 Å². The first-order valence-electron chi connectivity index (χ1n) is 13.3. The molecule has 0 aliphatic rings. The third kappa shape index (κ3) is 19.4. The fourth-order valence-corrected chi connectivity index (χ4v) is 4.02. The van der Waals surface area contributed by atoms with E-state index < -0.39 is 56.1 Å². The Morgan fingerprint density at radius 2 is 0.974 bits per heavy atom. The van der Waals surface area contributed by atoms with Gasteiger partial charge in [0.25, 0.3) is 0 Å². The summed E-state index contributed by atoms with van der Waals surface area (Å²) < 4.78 is 0. The lowest BCUT2D eigenvalue weighted by Gasteiger charge is -2.32. The van der Waals surface area contributed by atoms with Gasteiger partial charge in [-0.15, -0.1) is 0 Å². The van der Waals surface area contributed by atoms with E-state index in [1.807, 2.05) is 0 Å². The lowest BCUT2D eigenvalue weighted by molar-refractivity contribution is -0.143. The smallest absolute Gasteiger partial charge is 0.317 e. The minimum atomic E-state index is -1.19. The van der Waals surface area contributed by atoms with Gasteiger partial charge < -0.3 is 25.7 Å². The van der Waals surface area contributed by atoms with Crippen LogP contribution in [-0.4, -0.2) is 130 Å². The first kappa shape index (κ1) is 35.2. The molecule has 0 aliphatic carbocycles. The Morgan fingerprint density at radius 1 is 0.605 bits per heavy atom. The Balaban J connectivity index is 5.07. The number of carboxylic acids is 4. The van der Waals surface area contributed by atoms with Crippen LogP contribution < -0.4 is 5.32 Å². The quantitative estimate of drug-likeness (QED) is 0.102. The number of carbonyl (C=O) groups excluding carboxylic acids is 1. The maximum absolute atomic E-state index is 12.8. The van der Waals surface area contributed by atoms with Crippen molar-refractivity contribution in [3.8, 4) is 0 Å². The minimum Gasteiger partial charge on any atom is -0.480 e. The van der Waals surface area contributed by atoms with Crippen LogP contribution in [0.15, 0.2) is 0 Å². The molecule has 220 valence electrons. The molecule has 38 heavy (non-hydrogen) atoms. The van der Waals surface area contributed by atoms with Crippen molar-refractivity contribution in [2.75, 3.05) is 58.9 Å². The average Bonchev–Trinajstić information content (AvgIpc) is 2.80. The molecule has 0 aromatic rings. The molecule has 0 aliphatic heterocycles. The van der Waals surface area contributed by atoms with Gasteiger partial charge in [-0.2, -0.15) is 0 Å². The summed E-state index contributed by atoms with van der Waals surface area (Å²) in [6, 6.07) is -0.683. The second-order valence-corrected chi connectivity index (χ2v) is 9.47. The Hall–Kier alpha value is -2.77. The highest BCUT2D eigenvalue weighted by Crippen LogP contribution is 2.08. The van der Waals surface area contributed by atoms with Crippen molar-refractivity contribution in [1.82, 2.24) is 20.0 Å². The van der Waals surface area contributed by atoms with Gasteiger partial charge in [-0.3, -0.25) is 38.7 Å². The van der Waals surface area contributed by atoms with Gasteiger partial charge in [-0.1, -0.05) is 51.9 Å². The van der Waals surface area contributed by atoms with E-state index in [2.05, 4.69) is 12.2 Å². The topological polar surface area (TPSA) is 188 Å². The van der Waals surface area contributed by atoms with Gasteiger partial charge in [-0.05, 0) is 13.3 Å². The molecule has 0 saturated heterocycles. The SMILES string of the molecule is CCCCCCCCCCNC(=O)C(C)N(CCN(CC(=O)O)CC(=O)O)CCN(CC(=O)O)CC(=O)O. The zero-order chi connectivity index (χ0) is 28.9. The summed E-state index contributed by atoms with van der Waals surface area (Å²) in [6.45, 7) is 2.66. The maximum atomic E-state index is 12.8. The largest absolute Gasteiger partial charge is 0.480 e. The molecule has 0 aromatic heterocycles. The van der Waals surface area contributed by atoms with E-state index in [9.17, 15) is 24.0 Å². The van der Waals surface area contributed by atoms with Gasteiger partial charge in [0.2, 0.25) is 5.91 Å². The third-order valence-electron chi connectivity index (χ3n) is 6.10. The second-order valence-electron chi connectivity index (χ2n) is 9.47. The van der Waals surface area contributed by atoms with Crippen LogP contribution in [0, 0.1) is 0 Å². The number of carbonyl (C=O) groups is 5. The summed E-state index contributed by atoms with van der Waals surface area (Å²) in [5.74, 6) is -5.03. The lowest BCUT2D eigenvalue weighted by Crippen LogP contribution is -2.51. The van der Waals surface area contributed by atoms with Gasteiger partial charge in [0.05, 0.1) is 32.2 Å². The molecule has 0 rings (SSSR count).